The molecule has 3 rings (SSSR count). The van der Waals surface area contributed by atoms with Gasteiger partial charge < -0.3 is 19.3 Å². The molecule has 0 saturated heterocycles. The zero-order chi connectivity index (χ0) is 18.5. The molecule has 0 unspecified atom stereocenters. The molecule has 1 heterocycles. The molecule has 7 nitrogen and oxygen atoms in total. The maximum atomic E-state index is 12.1. The average molecular weight is 353 g/mol. The number of aryl methyl sites for hydroxylation is 2. The number of ether oxygens (including phenoxy) is 2. The number of benzene rings is 2. The number of carbonyl (C=O) groups is 1. The van der Waals surface area contributed by atoms with Crippen LogP contribution in [0.3, 0.4) is 0 Å². The molecular weight excluding hydrogens is 334 g/mol. The summed E-state index contributed by atoms with van der Waals surface area (Å²) in [4.78, 5) is 16.3. The summed E-state index contributed by atoms with van der Waals surface area (Å²) in [5, 5.41) is 6.72. The molecule has 0 atom stereocenters. The number of nitrogens with one attached hydrogen (secondary N) is 1. The Balaban J connectivity index is 1.60. The first-order valence-electron chi connectivity index (χ1n) is 8.03. The lowest BCUT2D eigenvalue weighted by atomic mass is 10.1. The minimum atomic E-state index is -0.243. The van der Waals surface area contributed by atoms with E-state index in [0.717, 1.165) is 16.9 Å². The van der Waals surface area contributed by atoms with Crippen LogP contribution >= 0.6 is 0 Å². The fourth-order valence-corrected chi connectivity index (χ4v) is 2.37. The maximum Gasteiger partial charge on any atom is 0.262 e. The largest absolute Gasteiger partial charge is 0.497 e. The molecule has 0 saturated carbocycles. The average Bonchev–Trinajstić information content (AvgIpc) is 3.08. The van der Waals surface area contributed by atoms with Gasteiger partial charge in [0, 0.05) is 18.2 Å². The van der Waals surface area contributed by atoms with Gasteiger partial charge in [-0.15, -0.1) is 0 Å². The summed E-state index contributed by atoms with van der Waals surface area (Å²) < 4.78 is 15.5. The fourth-order valence-electron chi connectivity index (χ4n) is 2.37. The summed E-state index contributed by atoms with van der Waals surface area (Å²) in [7, 11) is 1.59. The molecule has 0 fully saturated rings. The summed E-state index contributed by atoms with van der Waals surface area (Å²) in [5.74, 6) is 2.11. The van der Waals surface area contributed by atoms with E-state index in [1.54, 1.807) is 38.3 Å². The van der Waals surface area contributed by atoms with Crippen molar-refractivity contribution in [1.82, 2.24) is 10.1 Å². The highest BCUT2D eigenvalue weighted by Crippen LogP contribution is 2.23. The highest BCUT2D eigenvalue weighted by molar-refractivity contribution is 5.92. The number of carbonyl (C=O) groups excluding carboxylic acids is 1. The Morgan fingerprint density at radius 2 is 1.85 bits per heavy atom. The first-order valence-corrected chi connectivity index (χ1v) is 8.03. The standard InChI is InChI=1S/C19H19N3O4/c1-12-10-14(19-20-13(2)26-22-19)4-9-17(12)21-18(23)11-25-16-7-5-15(24-3)6-8-16/h4-10H,11H2,1-3H3,(H,21,23). The van der Waals surface area contributed by atoms with Gasteiger partial charge in [-0.3, -0.25) is 4.79 Å². The third kappa shape index (κ3) is 4.18. The van der Waals surface area contributed by atoms with E-state index in [-0.39, 0.29) is 12.5 Å². The summed E-state index contributed by atoms with van der Waals surface area (Å²) in [5.41, 5.74) is 2.42. The van der Waals surface area contributed by atoms with Gasteiger partial charge in [-0.2, -0.15) is 4.98 Å². The lowest BCUT2D eigenvalue weighted by Gasteiger charge is -2.10. The number of aromatic nitrogens is 2. The zero-order valence-electron chi connectivity index (χ0n) is 14.8. The SMILES string of the molecule is COc1ccc(OCC(=O)Nc2ccc(-c3noc(C)n3)cc2C)cc1. The molecule has 1 amide bonds. The van der Waals surface area contributed by atoms with Crippen LogP contribution in [0, 0.1) is 13.8 Å². The molecule has 0 bridgehead atoms. The molecule has 0 spiro atoms. The van der Waals surface area contributed by atoms with Crippen LogP contribution in [0.1, 0.15) is 11.5 Å². The first-order chi connectivity index (χ1) is 12.5. The van der Waals surface area contributed by atoms with Crippen molar-refractivity contribution in [3.8, 4) is 22.9 Å². The molecule has 1 N–H and O–H groups in total. The van der Waals surface area contributed by atoms with E-state index in [4.69, 9.17) is 14.0 Å². The van der Waals surface area contributed by atoms with E-state index < -0.39 is 0 Å². The van der Waals surface area contributed by atoms with Crippen LogP contribution < -0.4 is 14.8 Å². The summed E-state index contributed by atoms with van der Waals surface area (Å²) in [6, 6.07) is 12.6. The van der Waals surface area contributed by atoms with E-state index in [1.165, 1.54) is 0 Å². The van der Waals surface area contributed by atoms with E-state index in [2.05, 4.69) is 15.5 Å². The minimum Gasteiger partial charge on any atom is -0.497 e. The molecule has 0 radical (unpaired) electrons. The summed E-state index contributed by atoms with van der Waals surface area (Å²) in [6.07, 6.45) is 0. The van der Waals surface area contributed by atoms with Crippen LogP contribution in [0.5, 0.6) is 11.5 Å². The number of anilines is 1. The predicted octanol–water partition coefficient (Wildman–Crippen LogP) is 3.38. The second kappa shape index (κ2) is 7.69. The number of methoxy groups -OCH3 is 1. The van der Waals surface area contributed by atoms with Gasteiger partial charge in [0.1, 0.15) is 11.5 Å². The van der Waals surface area contributed by atoms with Gasteiger partial charge >= 0.3 is 0 Å². The Morgan fingerprint density at radius 3 is 2.46 bits per heavy atom. The summed E-state index contributed by atoms with van der Waals surface area (Å²) >= 11 is 0. The van der Waals surface area contributed by atoms with Crippen LogP contribution in [0.15, 0.2) is 47.0 Å². The summed E-state index contributed by atoms with van der Waals surface area (Å²) in [6.45, 7) is 3.55. The monoisotopic (exact) mass is 353 g/mol. The molecule has 0 aliphatic heterocycles. The van der Waals surface area contributed by atoms with Gasteiger partial charge in [0.15, 0.2) is 6.61 Å². The van der Waals surface area contributed by atoms with Crippen molar-refractivity contribution in [3.63, 3.8) is 0 Å². The van der Waals surface area contributed by atoms with Crippen LogP contribution in [0.2, 0.25) is 0 Å². The van der Waals surface area contributed by atoms with E-state index in [1.807, 2.05) is 25.1 Å². The minimum absolute atomic E-state index is 0.0858. The zero-order valence-corrected chi connectivity index (χ0v) is 14.8. The van der Waals surface area contributed by atoms with Gasteiger partial charge in [0.25, 0.3) is 5.91 Å². The second-order valence-electron chi connectivity index (χ2n) is 5.68. The van der Waals surface area contributed by atoms with E-state index >= 15 is 0 Å². The van der Waals surface area contributed by atoms with Gasteiger partial charge in [-0.1, -0.05) is 5.16 Å². The normalized spacial score (nSPS) is 10.4. The number of amides is 1. The Morgan fingerprint density at radius 1 is 1.12 bits per heavy atom. The molecule has 3 aromatic rings. The molecule has 0 aliphatic rings. The Labute approximate surface area is 150 Å². The van der Waals surface area contributed by atoms with Gasteiger partial charge in [-0.25, -0.2) is 0 Å². The lowest BCUT2D eigenvalue weighted by molar-refractivity contribution is -0.118. The topological polar surface area (TPSA) is 86.5 Å². The predicted molar refractivity (Wildman–Crippen MR) is 96.3 cm³/mol. The molecule has 1 aromatic heterocycles. The number of nitrogens with zero attached hydrogens (tertiary/aromatic N) is 2. The van der Waals surface area contributed by atoms with Crippen molar-refractivity contribution in [1.29, 1.82) is 0 Å². The van der Waals surface area contributed by atoms with Crippen molar-refractivity contribution >= 4 is 11.6 Å². The van der Waals surface area contributed by atoms with Crippen molar-refractivity contribution in [3.05, 3.63) is 53.9 Å². The fraction of sp³-hybridized carbons (Fsp3) is 0.211. The molecule has 26 heavy (non-hydrogen) atoms. The van der Waals surface area contributed by atoms with E-state index in [0.29, 0.717) is 23.2 Å². The Hall–Kier alpha value is -3.35. The van der Waals surface area contributed by atoms with Crippen LogP contribution in [-0.2, 0) is 4.79 Å². The second-order valence-corrected chi connectivity index (χ2v) is 5.68. The number of hydrogen-bond acceptors (Lipinski definition) is 6. The molecule has 0 aliphatic carbocycles. The Bertz CT molecular complexity index is 903. The van der Waals surface area contributed by atoms with Crippen molar-refractivity contribution in [2.24, 2.45) is 0 Å². The van der Waals surface area contributed by atoms with Crippen molar-refractivity contribution in [2.75, 3.05) is 19.0 Å². The quantitative estimate of drug-likeness (QED) is 0.731. The maximum absolute atomic E-state index is 12.1. The third-order valence-electron chi connectivity index (χ3n) is 3.72. The lowest BCUT2D eigenvalue weighted by Crippen LogP contribution is -2.20. The smallest absolute Gasteiger partial charge is 0.262 e. The highest BCUT2D eigenvalue weighted by atomic mass is 16.5. The molecule has 2 aromatic carbocycles. The van der Waals surface area contributed by atoms with Crippen LogP contribution in [0.4, 0.5) is 5.69 Å². The van der Waals surface area contributed by atoms with Crippen molar-refractivity contribution in [2.45, 2.75) is 13.8 Å². The van der Waals surface area contributed by atoms with Crippen molar-refractivity contribution < 1.29 is 18.8 Å². The van der Waals surface area contributed by atoms with E-state index in [9.17, 15) is 4.79 Å². The molecule has 7 heteroatoms. The van der Waals surface area contributed by atoms with Gasteiger partial charge in [0.2, 0.25) is 11.7 Å². The van der Waals surface area contributed by atoms with Gasteiger partial charge in [0.05, 0.1) is 7.11 Å². The third-order valence-corrected chi connectivity index (χ3v) is 3.72. The first kappa shape index (κ1) is 17.5. The number of hydrogen-bond donors (Lipinski definition) is 1. The number of rotatable bonds is 6. The van der Waals surface area contributed by atoms with Crippen LogP contribution in [0.25, 0.3) is 11.4 Å². The Kier molecular flexibility index (Phi) is 5.17. The molecule has 134 valence electrons. The van der Waals surface area contributed by atoms with Gasteiger partial charge in [-0.05, 0) is 55.0 Å². The highest BCUT2D eigenvalue weighted by Gasteiger charge is 2.10. The molecular formula is C19H19N3O4. The van der Waals surface area contributed by atoms with Crippen LogP contribution in [-0.4, -0.2) is 29.8 Å².